The first-order chi connectivity index (χ1) is 14.1. The maximum absolute atomic E-state index is 6.36. The van der Waals surface area contributed by atoms with Crippen molar-refractivity contribution >= 4 is 8.56 Å². The smallest absolute Gasteiger partial charge is 0.361 e. The number of hydrogen-bond acceptors (Lipinski definition) is 2. The van der Waals surface area contributed by atoms with Crippen LogP contribution in [0.2, 0.25) is 6.55 Å². The maximum atomic E-state index is 6.36. The van der Waals surface area contributed by atoms with E-state index in [0.29, 0.717) is 6.10 Å². The van der Waals surface area contributed by atoms with Gasteiger partial charge in [-0.1, -0.05) is 117 Å². The quantitative estimate of drug-likeness (QED) is 0.120. The van der Waals surface area contributed by atoms with E-state index in [4.69, 9.17) is 8.85 Å². The first-order valence-electron chi connectivity index (χ1n) is 13.1. The lowest BCUT2D eigenvalue weighted by molar-refractivity contribution is 0.112. The Labute approximate surface area is 185 Å². The number of rotatable bonds is 23. The highest BCUT2D eigenvalue weighted by atomic mass is 28.4. The Bertz CT molecular complexity index is 348. The molecule has 0 N–H and O–H groups in total. The van der Waals surface area contributed by atoms with Crippen LogP contribution in [0.1, 0.15) is 136 Å². The van der Waals surface area contributed by atoms with Crippen LogP contribution in [0.15, 0.2) is 12.3 Å². The lowest BCUT2D eigenvalue weighted by Crippen LogP contribution is -2.40. The molecule has 0 saturated heterocycles. The molecule has 0 rings (SSSR count). The summed E-state index contributed by atoms with van der Waals surface area (Å²) in [6.45, 7) is 13.7. The van der Waals surface area contributed by atoms with Crippen LogP contribution in [0.4, 0.5) is 0 Å². The molecule has 2 unspecified atom stereocenters. The normalized spacial score (nSPS) is 14.6. The molecule has 29 heavy (non-hydrogen) atoms. The minimum Gasteiger partial charge on any atom is -0.391 e. The molecule has 0 aromatic heterocycles. The van der Waals surface area contributed by atoms with Gasteiger partial charge in [-0.05, 0) is 31.5 Å². The Morgan fingerprint density at radius 2 is 1.14 bits per heavy atom. The van der Waals surface area contributed by atoms with E-state index in [1.165, 1.54) is 96.3 Å². The molecule has 0 amide bonds. The van der Waals surface area contributed by atoms with Crippen molar-refractivity contribution in [2.24, 2.45) is 0 Å². The fourth-order valence-electron chi connectivity index (χ4n) is 3.82. The summed E-state index contributed by atoms with van der Waals surface area (Å²) in [6.07, 6.45) is 24.5. The van der Waals surface area contributed by atoms with Crippen molar-refractivity contribution in [2.75, 3.05) is 6.61 Å². The Kier molecular flexibility index (Phi) is 21.0. The van der Waals surface area contributed by atoms with E-state index >= 15 is 0 Å². The highest BCUT2D eigenvalue weighted by Gasteiger charge is 2.30. The van der Waals surface area contributed by atoms with E-state index in [1.54, 1.807) is 0 Å². The van der Waals surface area contributed by atoms with Crippen LogP contribution < -0.4 is 0 Å². The van der Waals surface area contributed by atoms with Crippen LogP contribution in [0, 0.1) is 0 Å². The summed E-state index contributed by atoms with van der Waals surface area (Å²) in [5, 5.41) is 0. The van der Waals surface area contributed by atoms with Crippen LogP contribution in [-0.4, -0.2) is 21.3 Å². The zero-order chi connectivity index (χ0) is 21.6. The molecule has 0 heterocycles. The number of unbranched alkanes of at least 4 members (excludes halogenated alkanes) is 14. The predicted molar refractivity (Wildman–Crippen MR) is 133 cm³/mol. The number of hydrogen-bond donors (Lipinski definition) is 0. The second kappa shape index (κ2) is 21.1. The molecule has 2 nitrogen and oxygen atoms in total. The largest absolute Gasteiger partial charge is 0.391 e. The third-order valence-electron chi connectivity index (χ3n) is 5.99. The highest BCUT2D eigenvalue weighted by molar-refractivity contribution is 6.71. The summed E-state index contributed by atoms with van der Waals surface area (Å²) in [5.74, 6) is 0. The van der Waals surface area contributed by atoms with Crippen molar-refractivity contribution in [2.45, 2.75) is 149 Å². The Morgan fingerprint density at radius 1 is 0.690 bits per heavy atom. The van der Waals surface area contributed by atoms with Crippen molar-refractivity contribution in [1.29, 1.82) is 0 Å². The lowest BCUT2D eigenvalue weighted by Gasteiger charge is -2.29. The van der Waals surface area contributed by atoms with Gasteiger partial charge in [0.25, 0.3) is 0 Å². The molecule has 3 heteroatoms. The molecule has 0 spiro atoms. The van der Waals surface area contributed by atoms with Gasteiger partial charge in [-0.3, -0.25) is 0 Å². The van der Waals surface area contributed by atoms with Gasteiger partial charge in [0.1, 0.15) is 0 Å². The summed E-state index contributed by atoms with van der Waals surface area (Å²) < 4.78 is 12.6. The van der Waals surface area contributed by atoms with Gasteiger partial charge in [0.2, 0.25) is 0 Å². The van der Waals surface area contributed by atoms with Gasteiger partial charge < -0.3 is 8.85 Å². The van der Waals surface area contributed by atoms with Crippen molar-refractivity contribution < 1.29 is 8.85 Å². The highest BCUT2D eigenvalue weighted by Crippen LogP contribution is 2.19. The average Bonchev–Trinajstić information content (AvgIpc) is 2.74. The molecule has 0 aliphatic heterocycles. The van der Waals surface area contributed by atoms with Gasteiger partial charge in [-0.15, -0.1) is 6.58 Å². The fourth-order valence-corrected chi connectivity index (χ4v) is 5.60. The van der Waals surface area contributed by atoms with E-state index in [-0.39, 0.29) is 0 Å². The van der Waals surface area contributed by atoms with Crippen molar-refractivity contribution in [1.82, 2.24) is 0 Å². The summed E-state index contributed by atoms with van der Waals surface area (Å²) in [4.78, 5) is 0. The minimum atomic E-state index is -2.20. The molecule has 0 aliphatic carbocycles. The topological polar surface area (TPSA) is 18.5 Å². The zero-order valence-electron chi connectivity index (χ0n) is 20.6. The van der Waals surface area contributed by atoms with E-state index in [2.05, 4.69) is 33.9 Å². The summed E-state index contributed by atoms with van der Waals surface area (Å²) in [7, 11) is -2.20. The molecule has 0 aromatic rings. The van der Waals surface area contributed by atoms with Crippen LogP contribution in [0.25, 0.3) is 0 Å². The first kappa shape index (κ1) is 28.9. The molecular formula is C26H54O2Si. The van der Waals surface area contributed by atoms with Crippen molar-refractivity contribution in [3.63, 3.8) is 0 Å². The van der Waals surface area contributed by atoms with Crippen molar-refractivity contribution in [3.05, 3.63) is 12.3 Å². The summed E-state index contributed by atoms with van der Waals surface area (Å²) in [6, 6.07) is 0. The summed E-state index contributed by atoms with van der Waals surface area (Å²) >= 11 is 0. The molecule has 0 aliphatic rings. The molecule has 0 aromatic carbocycles. The summed E-state index contributed by atoms with van der Waals surface area (Å²) in [5.41, 5.74) is 1.96. The molecule has 2 atom stereocenters. The van der Waals surface area contributed by atoms with Gasteiger partial charge in [0, 0.05) is 12.7 Å². The molecule has 0 radical (unpaired) electrons. The van der Waals surface area contributed by atoms with Gasteiger partial charge in [-0.25, -0.2) is 0 Å². The Balaban J connectivity index is 3.56. The third-order valence-corrected chi connectivity index (χ3v) is 8.31. The minimum absolute atomic E-state index is 0.334. The van der Waals surface area contributed by atoms with Crippen LogP contribution in [0.3, 0.4) is 0 Å². The van der Waals surface area contributed by atoms with Crippen LogP contribution in [-0.2, 0) is 8.85 Å². The van der Waals surface area contributed by atoms with Gasteiger partial charge >= 0.3 is 8.56 Å². The van der Waals surface area contributed by atoms with E-state index in [9.17, 15) is 0 Å². The predicted octanol–water partition coefficient (Wildman–Crippen LogP) is 9.27. The second-order valence-corrected chi connectivity index (χ2v) is 11.9. The molecule has 0 fully saturated rings. The third kappa shape index (κ3) is 18.4. The van der Waals surface area contributed by atoms with E-state index in [1.807, 2.05) is 5.70 Å². The van der Waals surface area contributed by atoms with E-state index in [0.717, 1.165) is 25.9 Å². The molecule has 0 saturated carbocycles. The SMILES string of the molecule is C=C[Si](C)(OCCCCCCCCCCCCCCCC)OC(CC)CCCC. The zero-order valence-corrected chi connectivity index (χ0v) is 21.6. The molecular weight excluding hydrogens is 372 g/mol. The fraction of sp³-hybridized carbons (Fsp3) is 0.923. The maximum Gasteiger partial charge on any atom is 0.361 e. The Hall–Kier alpha value is -0.123. The van der Waals surface area contributed by atoms with Crippen molar-refractivity contribution in [3.8, 4) is 0 Å². The lowest BCUT2D eigenvalue weighted by atomic mass is 10.0. The Morgan fingerprint density at radius 3 is 1.55 bits per heavy atom. The first-order valence-corrected chi connectivity index (χ1v) is 15.5. The van der Waals surface area contributed by atoms with Gasteiger partial charge in [0.05, 0.1) is 0 Å². The molecule has 0 bridgehead atoms. The monoisotopic (exact) mass is 426 g/mol. The van der Waals surface area contributed by atoms with Crippen LogP contribution >= 0.6 is 0 Å². The van der Waals surface area contributed by atoms with Crippen LogP contribution in [0.5, 0.6) is 0 Å². The van der Waals surface area contributed by atoms with Gasteiger partial charge in [0.15, 0.2) is 0 Å². The van der Waals surface area contributed by atoms with Gasteiger partial charge in [-0.2, -0.15) is 0 Å². The van der Waals surface area contributed by atoms with E-state index < -0.39 is 8.56 Å². The molecule has 174 valence electrons. The average molecular weight is 427 g/mol. The second-order valence-electron chi connectivity index (χ2n) is 8.96. The standard InChI is InChI=1S/C26H54O2Si/c1-6-10-12-13-14-15-16-17-18-19-20-21-22-23-25-27-29(5,9-4)28-26(8-3)24-11-7-2/h9,26H,4,6-8,10-25H2,1-3,5H3.